The lowest BCUT2D eigenvalue weighted by molar-refractivity contribution is -0.114. The quantitative estimate of drug-likeness (QED) is 0.270. The molecule has 0 spiro atoms. The Morgan fingerprint density at radius 1 is 0.882 bits per heavy atom. The van der Waals surface area contributed by atoms with Gasteiger partial charge in [-0.1, -0.05) is 32.6 Å². The molecule has 3 N–H and O–H groups in total. The van der Waals surface area contributed by atoms with E-state index in [1.807, 2.05) is 24.3 Å². The smallest absolute Gasteiger partial charge is 0.251 e. The number of rotatable bonds is 14. The highest BCUT2D eigenvalue weighted by Gasteiger charge is 2.07. The van der Waals surface area contributed by atoms with Crippen molar-refractivity contribution >= 4 is 23.2 Å². The number of nitrogens with one attached hydrogen (secondary N) is 3. The van der Waals surface area contributed by atoms with Crippen molar-refractivity contribution in [2.45, 2.75) is 45.6 Å². The molecule has 0 aliphatic heterocycles. The number of ether oxygens (including phenoxy) is 1. The third-order valence-electron chi connectivity index (χ3n) is 5.26. The van der Waals surface area contributed by atoms with Gasteiger partial charge in [0.1, 0.15) is 11.5 Å². The second-order valence-electron chi connectivity index (χ2n) is 8.03. The molecule has 0 aliphatic rings. The Morgan fingerprint density at radius 2 is 1.62 bits per heavy atom. The van der Waals surface area contributed by atoms with Gasteiger partial charge in [-0.3, -0.25) is 9.59 Å². The van der Waals surface area contributed by atoms with E-state index in [1.165, 1.54) is 25.7 Å². The largest absolute Gasteiger partial charge is 0.494 e. The van der Waals surface area contributed by atoms with Gasteiger partial charge in [-0.2, -0.15) is 0 Å². The van der Waals surface area contributed by atoms with Crippen LogP contribution in [0.5, 0.6) is 5.75 Å². The first kappa shape index (κ1) is 24.9. The average Bonchev–Trinajstić information content (AvgIpc) is 3.38. The van der Waals surface area contributed by atoms with Crippen molar-refractivity contribution in [1.82, 2.24) is 5.32 Å². The van der Waals surface area contributed by atoms with Gasteiger partial charge in [-0.05, 0) is 67.1 Å². The van der Waals surface area contributed by atoms with E-state index < -0.39 is 0 Å². The predicted molar refractivity (Wildman–Crippen MR) is 134 cm³/mol. The summed E-state index contributed by atoms with van der Waals surface area (Å²) in [6, 6.07) is 17.9. The van der Waals surface area contributed by atoms with Gasteiger partial charge in [-0.25, -0.2) is 0 Å². The van der Waals surface area contributed by atoms with Crippen LogP contribution in [-0.4, -0.2) is 25.0 Å². The van der Waals surface area contributed by atoms with Gasteiger partial charge in [0.2, 0.25) is 5.91 Å². The number of hydrogen-bond acceptors (Lipinski definition) is 5. The first-order chi connectivity index (χ1) is 16.6. The summed E-state index contributed by atoms with van der Waals surface area (Å²) in [7, 11) is 0. The molecule has 2 amide bonds. The second kappa shape index (κ2) is 13.7. The third-order valence-corrected chi connectivity index (χ3v) is 5.26. The van der Waals surface area contributed by atoms with E-state index in [9.17, 15) is 9.59 Å². The number of benzene rings is 2. The van der Waals surface area contributed by atoms with Gasteiger partial charge < -0.3 is 25.1 Å². The normalized spacial score (nSPS) is 10.5. The number of amides is 2. The Labute approximate surface area is 200 Å². The van der Waals surface area contributed by atoms with Crippen molar-refractivity contribution in [3.63, 3.8) is 0 Å². The molecule has 34 heavy (non-hydrogen) atoms. The minimum atomic E-state index is -0.190. The van der Waals surface area contributed by atoms with Crippen LogP contribution in [0.25, 0.3) is 0 Å². The first-order valence-electron chi connectivity index (χ1n) is 11.8. The Hall–Kier alpha value is -3.74. The Morgan fingerprint density at radius 3 is 2.32 bits per heavy atom. The van der Waals surface area contributed by atoms with Crippen LogP contribution in [-0.2, 0) is 11.3 Å². The van der Waals surface area contributed by atoms with Crippen LogP contribution in [0.15, 0.2) is 71.3 Å². The molecule has 3 rings (SSSR count). The zero-order chi connectivity index (χ0) is 24.0. The van der Waals surface area contributed by atoms with Crippen molar-refractivity contribution in [3.05, 3.63) is 78.3 Å². The molecule has 0 saturated heterocycles. The maximum Gasteiger partial charge on any atom is 0.251 e. The molecule has 3 aromatic rings. The predicted octanol–water partition coefficient (Wildman–Crippen LogP) is 5.61. The van der Waals surface area contributed by atoms with Gasteiger partial charge in [0.05, 0.1) is 26.0 Å². The zero-order valence-corrected chi connectivity index (χ0v) is 19.6. The number of unbranched alkanes of at least 4 members (excludes halogenated alkanes) is 4. The summed E-state index contributed by atoms with van der Waals surface area (Å²) in [4.78, 5) is 24.5. The second-order valence-corrected chi connectivity index (χ2v) is 8.03. The highest BCUT2D eigenvalue weighted by molar-refractivity contribution is 5.95. The van der Waals surface area contributed by atoms with Crippen LogP contribution in [0.4, 0.5) is 11.4 Å². The molecule has 0 fully saturated rings. The molecule has 1 aromatic heterocycles. The fourth-order valence-corrected chi connectivity index (χ4v) is 3.34. The molecule has 1 heterocycles. The molecular weight excluding hydrogens is 430 g/mol. The number of hydrogen-bond donors (Lipinski definition) is 3. The Kier molecular flexibility index (Phi) is 10.1. The summed E-state index contributed by atoms with van der Waals surface area (Å²) in [5.74, 6) is 1.15. The van der Waals surface area contributed by atoms with E-state index in [1.54, 1.807) is 42.7 Å². The topological polar surface area (TPSA) is 92.6 Å². The monoisotopic (exact) mass is 463 g/mol. The maximum absolute atomic E-state index is 12.3. The summed E-state index contributed by atoms with van der Waals surface area (Å²) < 4.78 is 11.0. The van der Waals surface area contributed by atoms with Crippen molar-refractivity contribution in [3.8, 4) is 5.75 Å². The fourth-order valence-electron chi connectivity index (χ4n) is 3.34. The molecule has 0 atom stereocenters. The highest BCUT2D eigenvalue weighted by Crippen LogP contribution is 2.16. The molecule has 180 valence electrons. The highest BCUT2D eigenvalue weighted by atomic mass is 16.5. The standard InChI is InChI=1S/C27H33N3O4/c1-2-3-4-5-6-17-33-24-15-13-23(14-16-24)30-26(31)20-28-22-11-9-21(10-12-22)27(32)29-19-25-8-7-18-34-25/h7-16,18,28H,2-6,17,19-20H2,1H3,(H,29,32)(H,30,31). The Balaban J connectivity index is 1.35. The van der Waals surface area contributed by atoms with Crippen molar-refractivity contribution in [2.24, 2.45) is 0 Å². The third kappa shape index (κ3) is 8.65. The van der Waals surface area contributed by atoms with E-state index in [2.05, 4.69) is 22.9 Å². The van der Waals surface area contributed by atoms with Gasteiger partial charge in [0.15, 0.2) is 0 Å². The van der Waals surface area contributed by atoms with Crippen LogP contribution in [0.1, 0.15) is 55.1 Å². The molecule has 0 radical (unpaired) electrons. The number of anilines is 2. The van der Waals surface area contributed by atoms with E-state index >= 15 is 0 Å². The van der Waals surface area contributed by atoms with Gasteiger partial charge in [0, 0.05) is 16.9 Å². The molecule has 7 nitrogen and oxygen atoms in total. The number of furan rings is 1. The minimum Gasteiger partial charge on any atom is -0.494 e. The van der Waals surface area contributed by atoms with Crippen molar-refractivity contribution in [1.29, 1.82) is 0 Å². The molecular formula is C27H33N3O4. The summed E-state index contributed by atoms with van der Waals surface area (Å²) in [6.07, 6.45) is 7.59. The van der Waals surface area contributed by atoms with Gasteiger partial charge in [-0.15, -0.1) is 0 Å². The van der Waals surface area contributed by atoms with Crippen LogP contribution < -0.4 is 20.7 Å². The lowest BCUT2D eigenvalue weighted by Crippen LogP contribution is -2.23. The number of carbonyl (C=O) groups is 2. The maximum atomic E-state index is 12.3. The summed E-state index contributed by atoms with van der Waals surface area (Å²) >= 11 is 0. The lowest BCUT2D eigenvalue weighted by Gasteiger charge is -2.10. The SMILES string of the molecule is CCCCCCCOc1ccc(NC(=O)CNc2ccc(C(=O)NCc3ccco3)cc2)cc1. The zero-order valence-electron chi connectivity index (χ0n) is 19.6. The molecule has 7 heteroatoms. The van der Waals surface area contributed by atoms with Crippen LogP contribution in [0, 0.1) is 0 Å². The lowest BCUT2D eigenvalue weighted by atomic mass is 10.2. The minimum absolute atomic E-state index is 0.111. The van der Waals surface area contributed by atoms with Gasteiger partial charge >= 0.3 is 0 Å². The molecule has 2 aromatic carbocycles. The van der Waals surface area contributed by atoms with E-state index in [0.717, 1.165) is 17.9 Å². The fraction of sp³-hybridized carbons (Fsp3) is 0.333. The van der Waals surface area contributed by atoms with Gasteiger partial charge in [0.25, 0.3) is 5.91 Å². The molecule has 0 aliphatic carbocycles. The van der Waals surface area contributed by atoms with Crippen LogP contribution in [0.2, 0.25) is 0 Å². The average molecular weight is 464 g/mol. The van der Waals surface area contributed by atoms with Crippen molar-refractivity contribution in [2.75, 3.05) is 23.8 Å². The van der Waals surface area contributed by atoms with Crippen molar-refractivity contribution < 1.29 is 18.7 Å². The van der Waals surface area contributed by atoms with Crippen LogP contribution >= 0.6 is 0 Å². The summed E-state index contributed by atoms with van der Waals surface area (Å²) in [5, 5.41) is 8.72. The summed E-state index contributed by atoms with van der Waals surface area (Å²) in [6.45, 7) is 3.36. The van der Waals surface area contributed by atoms with E-state index in [-0.39, 0.29) is 18.4 Å². The first-order valence-corrected chi connectivity index (χ1v) is 11.8. The summed E-state index contributed by atoms with van der Waals surface area (Å²) in [5.41, 5.74) is 2.00. The Bertz CT molecular complexity index is 999. The molecule has 0 bridgehead atoms. The molecule has 0 saturated carbocycles. The molecule has 0 unspecified atom stereocenters. The number of carbonyl (C=O) groups excluding carboxylic acids is 2. The van der Waals surface area contributed by atoms with E-state index in [4.69, 9.17) is 9.15 Å². The van der Waals surface area contributed by atoms with E-state index in [0.29, 0.717) is 30.2 Å². The van der Waals surface area contributed by atoms with Crippen LogP contribution in [0.3, 0.4) is 0 Å².